The number of amides is 1. The summed E-state index contributed by atoms with van der Waals surface area (Å²) in [5.74, 6) is 0.266. The highest BCUT2D eigenvalue weighted by Gasteiger charge is 2.07. The fourth-order valence-corrected chi connectivity index (χ4v) is 2.49. The normalized spacial score (nSPS) is 10.7. The molecule has 148 valence electrons. The molecule has 29 heavy (non-hydrogen) atoms. The molecule has 1 amide bonds. The van der Waals surface area contributed by atoms with Crippen LogP contribution in [0.25, 0.3) is 6.08 Å². The highest BCUT2D eigenvalue weighted by Crippen LogP contribution is 2.26. The first kappa shape index (κ1) is 20.1. The Balaban J connectivity index is 1.64. The molecule has 0 unspecified atom stereocenters. The molecule has 0 aliphatic rings. The average Bonchev–Trinajstić information content (AvgIpc) is 2.74. The van der Waals surface area contributed by atoms with Crippen molar-refractivity contribution in [3.8, 4) is 17.2 Å². The van der Waals surface area contributed by atoms with E-state index in [1.807, 2.05) is 19.1 Å². The first-order valence-electron chi connectivity index (χ1n) is 9.24. The van der Waals surface area contributed by atoms with Gasteiger partial charge in [-0.15, -0.1) is 0 Å². The summed E-state index contributed by atoms with van der Waals surface area (Å²) < 4.78 is 25.4. The van der Waals surface area contributed by atoms with Crippen molar-refractivity contribution in [3.05, 3.63) is 84.4 Å². The van der Waals surface area contributed by atoms with E-state index in [2.05, 4.69) is 10.3 Å². The number of rotatable bonds is 8. The molecule has 0 saturated heterocycles. The van der Waals surface area contributed by atoms with Crippen LogP contribution < -0.4 is 14.8 Å². The molecule has 6 heteroatoms. The maximum absolute atomic E-state index is 14.3. The molecule has 1 aromatic heterocycles. The van der Waals surface area contributed by atoms with Crippen LogP contribution in [0.2, 0.25) is 0 Å². The van der Waals surface area contributed by atoms with Gasteiger partial charge >= 0.3 is 0 Å². The minimum absolute atomic E-state index is 0.0848. The van der Waals surface area contributed by atoms with Crippen molar-refractivity contribution in [1.29, 1.82) is 0 Å². The summed E-state index contributed by atoms with van der Waals surface area (Å²) >= 11 is 0. The molecule has 0 aliphatic carbocycles. The Morgan fingerprint density at radius 3 is 2.76 bits per heavy atom. The molecular weight excluding hydrogens is 371 g/mol. The molecule has 0 atom stereocenters. The van der Waals surface area contributed by atoms with Gasteiger partial charge in [-0.2, -0.15) is 0 Å². The number of aromatic nitrogens is 1. The van der Waals surface area contributed by atoms with Crippen molar-refractivity contribution in [3.63, 3.8) is 0 Å². The van der Waals surface area contributed by atoms with Crippen molar-refractivity contribution in [2.75, 3.05) is 11.9 Å². The van der Waals surface area contributed by atoms with Crippen molar-refractivity contribution >= 4 is 17.7 Å². The number of pyridine rings is 1. The molecule has 0 radical (unpaired) electrons. The predicted molar refractivity (Wildman–Crippen MR) is 111 cm³/mol. The number of nitrogens with zero attached hydrogens (tertiary/aromatic N) is 1. The van der Waals surface area contributed by atoms with E-state index >= 15 is 0 Å². The number of anilines is 1. The maximum atomic E-state index is 14.3. The smallest absolute Gasteiger partial charge is 0.248 e. The zero-order valence-corrected chi connectivity index (χ0v) is 16.0. The Labute approximate surface area is 168 Å². The van der Waals surface area contributed by atoms with Crippen LogP contribution in [0.3, 0.4) is 0 Å². The molecule has 0 fully saturated rings. The summed E-state index contributed by atoms with van der Waals surface area (Å²) in [7, 11) is 0. The fourth-order valence-electron chi connectivity index (χ4n) is 2.49. The van der Waals surface area contributed by atoms with Crippen molar-refractivity contribution in [2.45, 2.75) is 13.3 Å². The quantitative estimate of drug-likeness (QED) is 0.518. The van der Waals surface area contributed by atoms with Crippen LogP contribution in [0.4, 0.5) is 10.1 Å². The Hall–Kier alpha value is -3.67. The molecule has 0 bridgehead atoms. The Morgan fingerprint density at radius 1 is 1.14 bits per heavy atom. The lowest BCUT2D eigenvalue weighted by atomic mass is 10.2. The summed E-state index contributed by atoms with van der Waals surface area (Å²) in [5, 5.41) is 2.77. The van der Waals surface area contributed by atoms with E-state index in [-0.39, 0.29) is 11.7 Å². The van der Waals surface area contributed by atoms with Crippen LogP contribution in [-0.4, -0.2) is 17.5 Å². The van der Waals surface area contributed by atoms with Gasteiger partial charge in [0.2, 0.25) is 5.91 Å². The van der Waals surface area contributed by atoms with E-state index in [0.29, 0.717) is 29.4 Å². The molecule has 0 spiro atoms. The Kier molecular flexibility index (Phi) is 6.95. The van der Waals surface area contributed by atoms with Crippen LogP contribution in [-0.2, 0) is 4.79 Å². The van der Waals surface area contributed by atoms with E-state index < -0.39 is 5.82 Å². The number of nitrogens with one attached hydrogen (secondary N) is 1. The van der Waals surface area contributed by atoms with Crippen molar-refractivity contribution in [1.82, 2.24) is 4.98 Å². The monoisotopic (exact) mass is 392 g/mol. The van der Waals surface area contributed by atoms with Gasteiger partial charge in [-0.05, 0) is 54.5 Å². The lowest BCUT2D eigenvalue weighted by molar-refractivity contribution is -0.111. The summed E-state index contributed by atoms with van der Waals surface area (Å²) in [6, 6.07) is 15.1. The summed E-state index contributed by atoms with van der Waals surface area (Å²) in [6.45, 7) is 2.57. The van der Waals surface area contributed by atoms with E-state index in [0.717, 1.165) is 6.42 Å². The number of carbonyl (C=O) groups excluding carboxylic acids is 1. The minimum atomic E-state index is -0.533. The van der Waals surface area contributed by atoms with E-state index in [1.54, 1.807) is 36.5 Å². The van der Waals surface area contributed by atoms with Gasteiger partial charge in [-0.25, -0.2) is 4.39 Å². The van der Waals surface area contributed by atoms with Gasteiger partial charge in [-0.3, -0.25) is 9.78 Å². The second-order valence-electron chi connectivity index (χ2n) is 6.15. The molecule has 3 aromatic rings. The fraction of sp³-hybridized carbons (Fsp3) is 0.130. The van der Waals surface area contributed by atoms with Gasteiger partial charge in [0.1, 0.15) is 11.5 Å². The molecule has 0 saturated carbocycles. The van der Waals surface area contributed by atoms with Crippen LogP contribution in [0, 0.1) is 5.82 Å². The number of hydrogen-bond donors (Lipinski definition) is 1. The second kappa shape index (κ2) is 10.0. The number of halogens is 1. The third-order valence-electron chi connectivity index (χ3n) is 3.85. The van der Waals surface area contributed by atoms with Gasteiger partial charge in [0.05, 0.1) is 18.5 Å². The number of carbonyl (C=O) groups is 1. The average molecular weight is 392 g/mol. The molecule has 0 aliphatic heterocycles. The highest BCUT2D eigenvalue weighted by molar-refractivity contribution is 6.02. The third-order valence-corrected chi connectivity index (χ3v) is 3.85. The van der Waals surface area contributed by atoms with Gasteiger partial charge < -0.3 is 14.8 Å². The number of ether oxygens (including phenoxy) is 2. The topological polar surface area (TPSA) is 60.5 Å². The van der Waals surface area contributed by atoms with Crippen molar-refractivity contribution < 1.29 is 18.7 Å². The van der Waals surface area contributed by atoms with Gasteiger partial charge in [-0.1, -0.05) is 25.1 Å². The SMILES string of the molecule is CCCOc1ccccc1NC(=O)/C=C/c1ccc(Oc2cccnc2)c(F)c1. The zero-order valence-electron chi connectivity index (χ0n) is 16.0. The van der Waals surface area contributed by atoms with Gasteiger partial charge in [0, 0.05) is 12.3 Å². The third kappa shape index (κ3) is 5.90. The van der Waals surface area contributed by atoms with E-state index in [1.165, 1.54) is 30.5 Å². The van der Waals surface area contributed by atoms with Crippen LogP contribution in [0.5, 0.6) is 17.2 Å². The number of benzene rings is 2. The number of para-hydroxylation sites is 2. The number of hydrogen-bond acceptors (Lipinski definition) is 4. The maximum Gasteiger partial charge on any atom is 0.248 e. The lowest BCUT2D eigenvalue weighted by Gasteiger charge is -2.10. The second-order valence-corrected chi connectivity index (χ2v) is 6.15. The largest absolute Gasteiger partial charge is 0.491 e. The standard InChI is InChI=1S/C23H21FN2O3/c1-2-14-28-22-8-4-3-7-20(22)26-23(27)12-10-17-9-11-21(19(24)15-17)29-18-6-5-13-25-16-18/h3-13,15-16H,2,14H2,1H3,(H,26,27)/b12-10+. The summed E-state index contributed by atoms with van der Waals surface area (Å²) in [4.78, 5) is 16.1. The molecule has 1 N–H and O–H groups in total. The van der Waals surface area contributed by atoms with Gasteiger partial charge in [0.15, 0.2) is 11.6 Å². The predicted octanol–water partition coefficient (Wildman–Crippen LogP) is 5.45. The molecule has 1 heterocycles. The Bertz CT molecular complexity index is 990. The molecule has 2 aromatic carbocycles. The zero-order chi connectivity index (χ0) is 20.5. The molecule has 3 rings (SSSR count). The van der Waals surface area contributed by atoms with Crippen LogP contribution in [0.15, 0.2) is 73.1 Å². The van der Waals surface area contributed by atoms with Crippen molar-refractivity contribution in [2.24, 2.45) is 0 Å². The lowest BCUT2D eigenvalue weighted by Crippen LogP contribution is -2.09. The first-order valence-corrected chi connectivity index (χ1v) is 9.24. The van der Waals surface area contributed by atoms with Crippen LogP contribution in [0.1, 0.15) is 18.9 Å². The summed E-state index contributed by atoms with van der Waals surface area (Å²) in [5.41, 5.74) is 1.12. The van der Waals surface area contributed by atoms with E-state index in [9.17, 15) is 9.18 Å². The molecular formula is C23H21FN2O3. The van der Waals surface area contributed by atoms with Crippen LogP contribution >= 0.6 is 0 Å². The summed E-state index contributed by atoms with van der Waals surface area (Å²) in [6.07, 6.45) is 6.85. The Morgan fingerprint density at radius 2 is 2.00 bits per heavy atom. The first-order chi connectivity index (χ1) is 14.2. The minimum Gasteiger partial charge on any atom is -0.491 e. The van der Waals surface area contributed by atoms with Gasteiger partial charge in [0.25, 0.3) is 0 Å². The van der Waals surface area contributed by atoms with E-state index in [4.69, 9.17) is 9.47 Å². The molecule has 5 nitrogen and oxygen atoms in total. The highest BCUT2D eigenvalue weighted by atomic mass is 19.1.